The number of rotatable bonds is 6. The predicted molar refractivity (Wildman–Crippen MR) is 72.6 cm³/mol. The van der Waals surface area contributed by atoms with E-state index in [-0.39, 0.29) is 5.91 Å². The molecule has 18 heavy (non-hydrogen) atoms. The maximum Gasteiger partial charge on any atom is 0.239 e. The molecule has 1 amide bonds. The summed E-state index contributed by atoms with van der Waals surface area (Å²) in [7, 11) is 0. The van der Waals surface area contributed by atoms with Crippen LogP contribution >= 0.6 is 0 Å². The lowest BCUT2D eigenvalue weighted by Crippen LogP contribution is -2.51. The molecule has 0 heterocycles. The molecule has 0 aliphatic heterocycles. The number of hydrogen-bond acceptors (Lipinski definition) is 3. The van der Waals surface area contributed by atoms with Crippen LogP contribution in [0.5, 0.6) is 5.75 Å². The SMILES string of the molecule is CCC(C)(N)C(=O)NCCOc1cccc(C)c1. The minimum absolute atomic E-state index is 0.141. The Hall–Kier alpha value is -1.55. The Kier molecular flexibility index (Phi) is 5.16. The van der Waals surface area contributed by atoms with Gasteiger partial charge >= 0.3 is 0 Å². The van der Waals surface area contributed by atoms with Crippen LogP contribution in [0.2, 0.25) is 0 Å². The number of carbonyl (C=O) groups is 1. The maximum absolute atomic E-state index is 11.7. The second-order valence-corrected chi connectivity index (χ2v) is 4.69. The third kappa shape index (κ3) is 4.37. The quantitative estimate of drug-likeness (QED) is 0.754. The van der Waals surface area contributed by atoms with Gasteiger partial charge in [-0.1, -0.05) is 19.1 Å². The molecule has 1 unspecified atom stereocenters. The van der Waals surface area contributed by atoms with Crippen LogP contribution in [0.25, 0.3) is 0 Å². The molecule has 0 aromatic heterocycles. The van der Waals surface area contributed by atoms with Gasteiger partial charge in [0, 0.05) is 0 Å². The smallest absolute Gasteiger partial charge is 0.239 e. The molecule has 0 fully saturated rings. The summed E-state index contributed by atoms with van der Waals surface area (Å²) in [5.74, 6) is 0.674. The first kappa shape index (κ1) is 14.5. The molecule has 0 radical (unpaired) electrons. The van der Waals surface area contributed by atoms with Crippen LogP contribution in [-0.4, -0.2) is 24.6 Å². The van der Waals surface area contributed by atoms with Gasteiger partial charge in [0.05, 0.1) is 12.1 Å². The number of ether oxygens (including phenoxy) is 1. The molecule has 0 saturated carbocycles. The van der Waals surface area contributed by atoms with Crippen molar-refractivity contribution in [3.63, 3.8) is 0 Å². The van der Waals surface area contributed by atoms with E-state index in [1.54, 1.807) is 6.92 Å². The van der Waals surface area contributed by atoms with Crippen molar-refractivity contribution in [3.05, 3.63) is 29.8 Å². The highest BCUT2D eigenvalue weighted by molar-refractivity contribution is 5.85. The summed E-state index contributed by atoms with van der Waals surface area (Å²) < 4.78 is 5.53. The molecule has 0 saturated heterocycles. The number of hydrogen-bond donors (Lipinski definition) is 2. The zero-order chi connectivity index (χ0) is 13.6. The Morgan fingerprint density at radius 1 is 1.50 bits per heavy atom. The summed E-state index contributed by atoms with van der Waals surface area (Å²) in [6.07, 6.45) is 0.609. The molecule has 1 atom stereocenters. The van der Waals surface area contributed by atoms with Gasteiger partial charge in [0.15, 0.2) is 0 Å². The summed E-state index contributed by atoms with van der Waals surface area (Å²) in [5.41, 5.74) is 6.17. The molecular formula is C14H22N2O2. The minimum Gasteiger partial charge on any atom is -0.492 e. The van der Waals surface area contributed by atoms with Crippen molar-refractivity contribution in [1.29, 1.82) is 0 Å². The van der Waals surface area contributed by atoms with Gasteiger partial charge < -0.3 is 15.8 Å². The average molecular weight is 250 g/mol. The standard InChI is InChI=1S/C14H22N2O2/c1-4-14(3,15)13(17)16-8-9-18-12-7-5-6-11(2)10-12/h5-7,10H,4,8-9,15H2,1-3H3,(H,16,17). The van der Waals surface area contributed by atoms with Gasteiger partial charge in [0.1, 0.15) is 12.4 Å². The van der Waals surface area contributed by atoms with Gasteiger partial charge in [-0.3, -0.25) is 4.79 Å². The van der Waals surface area contributed by atoms with Crippen molar-refractivity contribution >= 4 is 5.91 Å². The van der Waals surface area contributed by atoms with Crippen LogP contribution < -0.4 is 15.8 Å². The Bertz CT molecular complexity index is 403. The van der Waals surface area contributed by atoms with E-state index in [1.807, 2.05) is 38.1 Å². The molecule has 4 heteroatoms. The van der Waals surface area contributed by atoms with Gasteiger partial charge in [-0.2, -0.15) is 0 Å². The third-order valence-corrected chi connectivity index (χ3v) is 2.90. The topological polar surface area (TPSA) is 64.4 Å². The number of nitrogens with two attached hydrogens (primary N) is 1. The van der Waals surface area contributed by atoms with Crippen LogP contribution in [0.4, 0.5) is 0 Å². The molecular weight excluding hydrogens is 228 g/mol. The van der Waals surface area contributed by atoms with Crippen LogP contribution in [0, 0.1) is 6.92 Å². The van der Waals surface area contributed by atoms with Crippen molar-refractivity contribution in [1.82, 2.24) is 5.32 Å². The highest BCUT2D eigenvalue weighted by atomic mass is 16.5. The number of amides is 1. The zero-order valence-corrected chi connectivity index (χ0v) is 11.3. The number of aryl methyl sites for hydroxylation is 1. The first-order valence-electron chi connectivity index (χ1n) is 6.22. The van der Waals surface area contributed by atoms with Gasteiger partial charge in [-0.25, -0.2) is 0 Å². The fourth-order valence-corrected chi connectivity index (χ4v) is 1.40. The number of carbonyl (C=O) groups excluding carboxylic acids is 1. The van der Waals surface area contributed by atoms with Crippen molar-refractivity contribution in [2.45, 2.75) is 32.7 Å². The van der Waals surface area contributed by atoms with Crippen LogP contribution in [0.3, 0.4) is 0 Å². The van der Waals surface area contributed by atoms with Crippen molar-refractivity contribution in [2.24, 2.45) is 5.73 Å². The maximum atomic E-state index is 11.7. The number of benzene rings is 1. The fraction of sp³-hybridized carbons (Fsp3) is 0.500. The Labute approximate surface area is 109 Å². The second kappa shape index (κ2) is 6.40. The molecule has 3 N–H and O–H groups in total. The van der Waals surface area contributed by atoms with E-state index in [2.05, 4.69) is 5.32 Å². The van der Waals surface area contributed by atoms with Crippen LogP contribution in [0.15, 0.2) is 24.3 Å². The highest BCUT2D eigenvalue weighted by Crippen LogP contribution is 2.11. The lowest BCUT2D eigenvalue weighted by atomic mass is 10.00. The lowest BCUT2D eigenvalue weighted by Gasteiger charge is -2.21. The number of nitrogens with one attached hydrogen (secondary N) is 1. The fourth-order valence-electron chi connectivity index (χ4n) is 1.40. The van der Waals surface area contributed by atoms with Crippen molar-refractivity contribution in [3.8, 4) is 5.75 Å². The summed E-state index contributed by atoms with van der Waals surface area (Å²) in [5, 5.41) is 2.77. The Morgan fingerprint density at radius 2 is 2.22 bits per heavy atom. The molecule has 0 aliphatic rings. The predicted octanol–water partition coefficient (Wildman–Crippen LogP) is 1.62. The first-order chi connectivity index (χ1) is 8.45. The van der Waals surface area contributed by atoms with Gasteiger partial charge in [0.25, 0.3) is 0 Å². The van der Waals surface area contributed by atoms with E-state index >= 15 is 0 Å². The summed E-state index contributed by atoms with van der Waals surface area (Å²) in [6.45, 7) is 6.52. The van der Waals surface area contributed by atoms with E-state index in [0.29, 0.717) is 19.6 Å². The van der Waals surface area contributed by atoms with E-state index in [0.717, 1.165) is 11.3 Å². The summed E-state index contributed by atoms with van der Waals surface area (Å²) in [6, 6.07) is 7.81. The minimum atomic E-state index is -0.802. The van der Waals surface area contributed by atoms with E-state index in [4.69, 9.17) is 10.5 Å². The first-order valence-corrected chi connectivity index (χ1v) is 6.22. The molecule has 0 aliphatic carbocycles. The van der Waals surface area contributed by atoms with Crippen LogP contribution in [0.1, 0.15) is 25.8 Å². The Balaban J connectivity index is 2.29. The monoisotopic (exact) mass is 250 g/mol. The van der Waals surface area contributed by atoms with E-state index < -0.39 is 5.54 Å². The summed E-state index contributed by atoms with van der Waals surface area (Å²) >= 11 is 0. The van der Waals surface area contributed by atoms with Crippen LogP contribution in [-0.2, 0) is 4.79 Å². The molecule has 1 aromatic carbocycles. The van der Waals surface area contributed by atoms with Gasteiger partial charge in [-0.15, -0.1) is 0 Å². The molecule has 100 valence electrons. The molecule has 0 spiro atoms. The Morgan fingerprint density at radius 3 is 2.83 bits per heavy atom. The van der Waals surface area contributed by atoms with E-state index in [1.165, 1.54) is 0 Å². The van der Waals surface area contributed by atoms with E-state index in [9.17, 15) is 4.79 Å². The molecule has 1 aromatic rings. The van der Waals surface area contributed by atoms with Crippen molar-refractivity contribution in [2.75, 3.05) is 13.2 Å². The lowest BCUT2D eigenvalue weighted by molar-refractivity contribution is -0.126. The van der Waals surface area contributed by atoms with Crippen molar-refractivity contribution < 1.29 is 9.53 Å². The highest BCUT2D eigenvalue weighted by Gasteiger charge is 2.25. The average Bonchev–Trinajstić information content (AvgIpc) is 2.34. The second-order valence-electron chi connectivity index (χ2n) is 4.69. The summed E-state index contributed by atoms with van der Waals surface area (Å²) in [4.78, 5) is 11.7. The van der Waals surface area contributed by atoms with Gasteiger partial charge in [0.2, 0.25) is 5.91 Å². The van der Waals surface area contributed by atoms with Gasteiger partial charge in [-0.05, 0) is 38.0 Å². The zero-order valence-electron chi connectivity index (χ0n) is 11.3. The molecule has 1 rings (SSSR count). The normalized spacial score (nSPS) is 13.8. The molecule has 4 nitrogen and oxygen atoms in total. The third-order valence-electron chi connectivity index (χ3n) is 2.90. The molecule has 0 bridgehead atoms. The largest absolute Gasteiger partial charge is 0.492 e.